The van der Waals surface area contributed by atoms with Crippen molar-refractivity contribution < 1.29 is 4.74 Å². The molecule has 0 spiro atoms. The van der Waals surface area contributed by atoms with Gasteiger partial charge >= 0.3 is 0 Å². The lowest BCUT2D eigenvalue weighted by molar-refractivity contribution is 0.409. The molecule has 1 rings (SSSR count). The molecule has 0 radical (unpaired) electrons. The number of benzene rings is 1. The molecule has 0 aliphatic heterocycles. The van der Waals surface area contributed by atoms with E-state index in [4.69, 9.17) is 21.6 Å². The summed E-state index contributed by atoms with van der Waals surface area (Å²) in [6.07, 6.45) is 0.787. The zero-order chi connectivity index (χ0) is 12.0. The first-order chi connectivity index (χ1) is 7.67. The van der Waals surface area contributed by atoms with Crippen molar-refractivity contribution in [2.75, 3.05) is 13.7 Å². The Morgan fingerprint density at radius 2 is 2.31 bits per heavy atom. The molecule has 86 valence electrons. The largest absolute Gasteiger partial charge is 0.496 e. The van der Waals surface area contributed by atoms with Crippen molar-refractivity contribution in [1.82, 2.24) is 5.32 Å². The van der Waals surface area contributed by atoms with Gasteiger partial charge in [0.05, 0.1) is 19.2 Å². The van der Waals surface area contributed by atoms with Gasteiger partial charge in [0, 0.05) is 11.6 Å². The molecule has 16 heavy (non-hydrogen) atoms. The topological polar surface area (TPSA) is 45.0 Å². The average molecular weight is 239 g/mol. The molecule has 1 unspecified atom stereocenters. The highest BCUT2D eigenvalue weighted by Crippen LogP contribution is 2.22. The van der Waals surface area contributed by atoms with Gasteiger partial charge in [0.15, 0.2) is 0 Å². The zero-order valence-corrected chi connectivity index (χ0v) is 10.2. The van der Waals surface area contributed by atoms with E-state index in [9.17, 15) is 0 Å². The standard InChI is InChI=1S/C12H15ClN2O/c1-9(8-14)15-6-5-10-7-11(13)3-4-12(10)16-2/h3-4,7,9,15H,5-6H2,1-2H3. The van der Waals surface area contributed by atoms with Gasteiger partial charge in [-0.3, -0.25) is 0 Å². The first-order valence-corrected chi connectivity index (χ1v) is 5.50. The van der Waals surface area contributed by atoms with Gasteiger partial charge in [-0.05, 0) is 37.1 Å². The monoisotopic (exact) mass is 238 g/mol. The van der Waals surface area contributed by atoms with Gasteiger partial charge in [0.25, 0.3) is 0 Å². The maximum atomic E-state index is 8.62. The first kappa shape index (κ1) is 12.8. The second kappa shape index (κ2) is 6.37. The number of nitrogens with one attached hydrogen (secondary N) is 1. The van der Waals surface area contributed by atoms with Gasteiger partial charge in [0.1, 0.15) is 5.75 Å². The number of methoxy groups -OCH3 is 1. The van der Waals surface area contributed by atoms with Crippen molar-refractivity contribution in [2.45, 2.75) is 19.4 Å². The minimum absolute atomic E-state index is 0.134. The molecule has 0 aliphatic rings. The Bertz CT molecular complexity index is 387. The van der Waals surface area contributed by atoms with Crippen molar-refractivity contribution in [3.05, 3.63) is 28.8 Å². The SMILES string of the molecule is COc1ccc(Cl)cc1CCNC(C)C#N. The maximum Gasteiger partial charge on any atom is 0.122 e. The Labute approximate surface area is 101 Å². The van der Waals surface area contributed by atoms with E-state index in [0.29, 0.717) is 5.02 Å². The molecule has 0 amide bonds. The second-order valence-electron chi connectivity index (χ2n) is 3.51. The number of ether oxygens (including phenoxy) is 1. The smallest absolute Gasteiger partial charge is 0.122 e. The third-order valence-electron chi connectivity index (χ3n) is 2.28. The van der Waals surface area contributed by atoms with Crippen LogP contribution in [0, 0.1) is 11.3 Å². The lowest BCUT2D eigenvalue weighted by Gasteiger charge is -2.10. The predicted octanol–water partition coefficient (Wildman–Crippen LogP) is 2.39. The van der Waals surface area contributed by atoms with Gasteiger partial charge in [0.2, 0.25) is 0 Å². The number of rotatable bonds is 5. The van der Waals surface area contributed by atoms with Crippen molar-refractivity contribution in [1.29, 1.82) is 5.26 Å². The minimum Gasteiger partial charge on any atom is -0.496 e. The molecule has 1 aromatic rings. The Hall–Kier alpha value is -1.24. The second-order valence-corrected chi connectivity index (χ2v) is 3.95. The molecule has 0 fully saturated rings. The number of hydrogen-bond acceptors (Lipinski definition) is 3. The first-order valence-electron chi connectivity index (χ1n) is 5.12. The summed E-state index contributed by atoms with van der Waals surface area (Å²) in [5, 5.41) is 12.4. The van der Waals surface area contributed by atoms with Crippen LogP contribution in [-0.2, 0) is 6.42 Å². The molecule has 0 heterocycles. The van der Waals surface area contributed by atoms with E-state index in [-0.39, 0.29) is 6.04 Å². The third-order valence-corrected chi connectivity index (χ3v) is 2.52. The molecule has 0 saturated heterocycles. The highest BCUT2D eigenvalue weighted by atomic mass is 35.5. The van der Waals surface area contributed by atoms with Gasteiger partial charge in [-0.15, -0.1) is 0 Å². The third kappa shape index (κ3) is 3.73. The van der Waals surface area contributed by atoms with E-state index in [2.05, 4.69) is 11.4 Å². The Morgan fingerprint density at radius 3 is 2.94 bits per heavy atom. The molecule has 1 atom stereocenters. The summed E-state index contributed by atoms with van der Waals surface area (Å²) < 4.78 is 5.23. The highest BCUT2D eigenvalue weighted by Gasteiger charge is 2.04. The molecule has 0 saturated carbocycles. The molecule has 0 aromatic heterocycles. The lowest BCUT2D eigenvalue weighted by atomic mass is 10.1. The van der Waals surface area contributed by atoms with Gasteiger partial charge in [-0.25, -0.2) is 0 Å². The van der Waals surface area contributed by atoms with Crippen molar-refractivity contribution in [2.24, 2.45) is 0 Å². The molecular formula is C12H15ClN2O. The molecule has 4 heteroatoms. The van der Waals surface area contributed by atoms with Crippen LogP contribution in [0.15, 0.2) is 18.2 Å². The van der Waals surface area contributed by atoms with Crippen LogP contribution in [0.2, 0.25) is 5.02 Å². The van der Waals surface area contributed by atoms with E-state index in [0.717, 1.165) is 24.3 Å². The Morgan fingerprint density at radius 1 is 1.56 bits per heavy atom. The van der Waals surface area contributed by atoms with Crippen LogP contribution >= 0.6 is 11.6 Å². The number of hydrogen-bond donors (Lipinski definition) is 1. The summed E-state index contributed by atoms with van der Waals surface area (Å²) in [5.74, 6) is 0.829. The summed E-state index contributed by atoms with van der Waals surface area (Å²) in [4.78, 5) is 0. The Balaban J connectivity index is 2.59. The molecule has 3 nitrogen and oxygen atoms in total. The van der Waals surface area contributed by atoms with Crippen molar-refractivity contribution >= 4 is 11.6 Å². The number of nitriles is 1. The van der Waals surface area contributed by atoms with E-state index in [1.54, 1.807) is 13.2 Å². The van der Waals surface area contributed by atoms with Crippen molar-refractivity contribution in [3.8, 4) is 11.8 Å². The normalized spacial score (nSPS) is 11.9. The number of halogens is 1. The minimum atomic E-state index is -0.134. The van der Waals surface area contributed by atoms with Crippen LogP contribution in [0.4, 0.5) is 0 Å². The summed E-state index contributed by atoms with van der Waals surface area (Å²) in [6.45, 7) is 2.56. The fourth-order valence-corrected chi connectivity index (χ4v) is 1.61. The van der Waals surface area contributed by atoms with Crippen LogP contribution in [0.25, 0.3) is 0 Å². The predicted molar refractivity (Wildman–Crippen MR) is 64.8 cm³/mol. The van der Waals surface area contributed by atoms with Crippen LogP contribution in [0.5, 0.6) is 5.75 Å². The molecular weight excluding hydrogens is 224 g/mol. The molecule has 0 aliphatic carbocycles. The van der Waals surface area contributed by atoms with E-state index >= 15 is 0 Å². The van der Waals surface area contributed by atoms with Crippen LogP contribution in [0.1, 0.15) is 12.5 Å². The zero-order valence-electron chi connectivity index (χ0n) is 9.46. The quantitative estimate of drug-likeness (QED) is 0.857. The maximum absolute atomic E-state index is 8.62. The fraction of sp³-hybridized carbons (Fsp3) is 0.417. The molecule has 0 bridgehead atoms. The Kier molecular flexibility index (Phi) is 5.10. The molecule has 1 aromatic carbocycles. The summed E-state index contributed by atoms with van der Waals surface area (Å²) in [5.41, 5.74) is 1.05. The lowest BCUT2D eigenvalue weighted by Crippen LogP contribution is -2.26. The average Bonchev–Trinajstić information content (AvgIpc) is 2.29. The van der Waals surface area contributed by atoms with E-state index < -0.39 is 0 Å². The van der Waals surface area contributed by atoms with Gasteiger partial charge < -0.3 is 10.1 Å². The summed E-state index contributed by atoms with van der Waals surface area (Å²) in [7, 11) is 1.64. The summed E-state index contributed by atoms with van der Waals surface area (Å²) >= 11 is 5.91. The van der Waals surface area contributed by atoms with Crippen LogP contribution < -0.4 is 10.1 Å². The summed E-state index contributed by atoms with van der Waals surface area (Å²) in [6, 6.07) is 7.53. The fourth-order valence-electron chi connectivity index (χ4n) is 1.41. The van der Waals surface area contributed by atoms with Gasteiger partial charge in [-0.2, -0.15) is 5.26 Å². The van der Waals surface area contributed by atoms with Crippen molar-refractivity contribution in [3.63, 3.8) is 0 Å². The van der Waals surface area contributed by atoms with Gasteiger partial charge in [-0.1, -0.05) is 11.6 Å². The van der Waals surface area contributed by atoms with Crippen LogP contribution in [-0.4, -0.2) is 19.7 Å². The highest BCUT2D eigenvalue weighted by molar-refractivity contribution is 6.30. The van der Waals surface area contributed by atoms with E-state index in [1.165, 1.54) is 0 Å². The number of nitrogens with zero attached hydrogens (tertiary/aromatic N) is 1. The van der Waals surface area contributed by atoms with Crippen LogP contribution in [0.3, 0.4) is 0 Å². The molecule has 1 N–H and O–H groups in total. The van der Waals surface area contributed by atoms with E-state index in [1.807, 2.05) is 19.1 Å².